The van der Waals surface area contributed by atoms with E-state index in [9.17, 15) is 13.2 Å². The molecule has 3 fully saturated rings. The molecule has 0 radical (unpaired) electrons. The van der Waals surface area contributed by atoms with Crippen LogP contribution in [0.15, 0.2) is 51.6 Å². The third kappa shape index (κ3) is 3.23. The highest BCUT2D eigenvalue weighted by Gasteiger charge is 2.35. The summed E-state index contributed by atoms with van der Waals surface area (Å²) in [5.41, 5.74) is 0. The van der Waals surface area contributed by atoms with Crippen LogP contribution in [0.25, 0.3) is 0 Å². The number of carbonyl (C=O) groups is 1. The molecule has 7 heteroatoms. The predicted octanol–water partition coefficient (Wildman–Crippen LogP) is 2.40. The van der Waals surface area contributed by atoms with Gasteiger partial charge < -0.3 is 10.2 Å². The van der Waals surface area contributed by atoms with Gasteiger partial charge in [0.15, 0.2) is 0 Å². The first-order chi connectivity index (χ1) is 12.0. The van der Waals surface area contributed by atoms with Gasteiger partial charge in [0.05, 0.1) is 9.77 Å². The molecule has 0 spiro atoms. The topological polar surface area (TPSA) is 66.5 Å². The van der Waals surface area contributed by atoms with Crippen LogP contribution in [0.1, 0.15) is 22.5 Å². The molecular formula is C18H20N2O3S2. The second-order valence-corrected chi connectivity index (χ2v) is 9.91. The molecule has 5 rings (SSSR count). The summed E-state index contributed by atoms with van der Waals surface area (Å²) in [5.74, 6) is 0.375. The Morgan fingerprint density at radius 1 is 1.08 bits per heavy atom. The van der Waals surface area contributed by atoms with Gasteiger partial charge in [-0.25, -0.2) is 8.42 Å². The van der Waals surface area contributed by atoms with Crippen molar-refractivity contribution < 1.29 is 13.2 Å². The van der Waals surface area contributed by atoms with E-state index in [0.29, 0.717) is 10.8 Å². The standard InChI is InChI=1S/C18H20N2O3S2/c21-18(19-15-12-20-10-8-13(15)9-11-20)16-6-7-17(24-16)25(22,23)14-4-2-1-3-5-14/h1-7,13,15H,8-12H2,(H,19,21)/t15-/m0/s1. The Labute approximate surface area is 151 Å². The smallest absolute Gasteiger partial charge is 0.261 e. The van der Waals surface area contributed by atoms with Crippen LogP contribution in [-0.2, 0) is 9.84 Å². The fraction of sp³-hybridized carbons (Fsp3) is 0.389. The molecule has 2 bridgehead atoms. The molecule has 1 N–H and O–H groups in total. The highest BCUT2D eigenvalue weighted by molar-refractivity contribution is 7.93. The molecular weight excluding hydrogens is 356 g/mol. The third-order valence-corrected chi connectivity index (χ3v) is 8.44. The summed E-state index contributed by atoms with van der Waals surface area (Å²) in [6.07, 6.45) is 2.26. The summed E-state index contributed by atoms with van der Waals surface area (Å²) in [6.45, 7) is 3.14. The van der Waals surface area contributed by atoms with E-state index < -0.39 is 9.84 Å². The number of hydrogen-bond acceptors (Lipinski definition) is 5. The Hall–Kier alpha value is -1.70. The maximum atomic E-state index is 12.6. The second-order valence-electron chi connectivity index (χ2n) is 6.65. The molecule has 1 aromatic carbocycles. The number of fused-ring (bicyclic) bond motifs is 3. The van der Waals surface area contributed by atoms with Crippen LogP contribution >= 0.6 is 11.3 Å². The van der Waals surface area contributed by atoms with E-state index in [4.69, 9.17) is 0 Å². The number of hydrogen-bond donors (Lipinski definition) is 1. The number of nitrogens with zero attached hydrogens (tertiary/aromatic N) is 1. The van der Waals surface area contributed by atoms with Gasteiger partial charge in [0, 0.05) is 12.6 Å². The Morgan fingerprint density at radius 3 is 2.44 bits per heavy atom. The zero-order chi connectivity index (χ0) is 17.4. The van der Waals surface area contributed by atoms with Crippen molar-refractivity contribution in [1.29, 1.82) is 0 Å². The lowest BCUT2D eigenvalue weighted by Crippen LogP contribution is -2.57. The number of piperidine rings is 3. The molecule has 1 atom stereocenters. The first-order valence-electron chi connectivity index (χ1n) is 8.47. The van der Waals surface area contributed by atoms with Crippen LogP contribution in [-0.4, -0.2) is 44.9 Å². The van der Waals surface area contributed by atoms with Crippen molar-refractivity contribution in [2.45, 2.75) is 28.0 Å². The summed E-state index contributed by atoms with van der Waals surface area (Å²) in [7, 11) is -3.56. The largest absolute Gasteiger partial charge is 0.347 e. The summed E-state index contributed by atoms with van der Waals surface area (Å²) in [6, 6.07) is 11.6. The van der Waals surface area contributed by atoms with Crippen molar-refractivity contribution >= 4 is 27.1 Å². The van der Waals surface area contributed by atoms with Crippen LogP contribution in [0.5, 0.6) is 0 Å². The molecule has 2 aromatic rings. The van der Waals surface area contributed by atoms with E-state index in [1.165, 1.54) is 6.07 Å². The summed E-state index contributed by atoms with van der Waals surface area (Å²) < 4.78 is 25.5. The molecule has 5 nitrogen and oxygen atoms in total. The molecule has 3 aliphatic heterocycles. The Kier molecular flexibility index (Phi) is 4.39. The van der Waals surface area contributed by atoms with Crippen LogP contribution in [0.2, 0.25) is 0 Å². The van der Waals surface area contributed by atoms with Gasteiger partial charge in [0.25, 0.3) is 5.91 Å². The van der Waals surface area contributed by atoms with Gasteiger partial charge in [-0.05, 0) is 56.1 Å². The van der Waals surface area contributed by atoms with E-state index in [1.54, 1.807) is 36.4 Å². The van der Waals surface area contributed by atoms with Crippen molar-refractivity contribution in [3.63, 3.8) is 0 Å². The Morgan fingerprint density at radius 2 is 1.80 bits per heavy atom. The number of benzene rings is 1. The molecule has 1 amide bonds. The van der Waals surface area contributed by atoms with Crippen molar-refractivity contribution in [2.75, 3.05) is 19.6 Å². The summed E-state index contributed by atoms with van der Waals surface area (Å²) in [4.78, 5) is 15.6. The van der Waals surface area contributed by atoms with E-state index >= 15 is 0 Å². The average Bonchev–Trinajstić information content (AvgIpc) is 3.15. The number of amides is 1. The second kappa shape index (κ2) is 6.55. The van der Waals surface area contributed by atoms with Gasteiger partial charge in [-0.15, -0.1) is 11.3 Å². The average molecular weight is 377 g/mol. The minimum Gasteiger partial charge on any atom is -0.347 e. The highest BCUT2D eigenvalue weighted by Crippen LogP contribution is 2.30. The zero-order valence-electron chi connectivity index (χ0n) is 13.7. The van der Waals surface area contributed by atoms with Crippen LogP contribution in [0.4, 0.5) is 0 Å². The lowest BCUT2D eigenvalue weighted by molar-refractivity contribution is 0.0622. The summed E-state index contributed by atoms with van der Waals surface area (Å²) in [5, 5.41) is 3.11. The van der Waals surface area contributed by atoms with Crippen LogP contribution in [0.3, 0.4) is 0 Å². The minimum atomic E-state index is -3.56. The van der Waals surface area contributed by atoms with Gasteiger partial charge in [0.1, 0.15) is 4.21 Å². The number of rotatable bonds is 4. The molecule has 3 saturated heterocycles. The Bertz CT molecular complexity index is 869. The first-order valence-corrected chi connectivity index (χ1v) is 10.8. The van der Waals surface area contributed by atoms with Crippen molar-refractivity contribution in [3.05, 3.63) is 47.3 Å². The quantitative estimate of drug-likeness (QED) is 0.890. The molecule has 132 valence electrons. The van der Waals surface area contributed by atoms with Gasteiger partial charge in [-0.1, -0.05) is 18.2 Å². The molecule has 25 heavy (non-hydrogen) atoms. The van der Waals surface area contributed by atoms with Gasteiger partial charge >= 0.3 is 0 Å². The number of sulfone groups is 1. The number of carbonyl (C=O) groups excluding carboxylic acids is 1. The first kappa shape index (κ1) is 16.8. The van der Waals surface area contributed by atoms with Crippen molar-refractivity contribution in [1.82, 2.24) is 10.2 Å². The van der Waals surface area contributed by atoms with Crippen LogP contribution in [0, 0.1) is 5.92 Å². The van der Waals surface area contributed by atoms with Crippen LogP contribution < -0.4 is 5.32 Å². The molecule has 0 aliphatic carbocycles. The molecule has 4 heterocycles. The zero-order valence-corrected chi connectivity index (χ0v) is 15.4. The maximum Gasteiger partial charge on any atom is 0.261 e. The SMILES string of the molecule is O=C(N[C@H]1CN2CCC1CC2)c1ccc(S(=O)(=O)c2ccccc2)s1. The lowest BCUT2D eigenvalue weighted by Gasteiger charge is -2.44. The fourth-order valence-corrected chi connectivity index (χ4v) is 6.30. The van der Waals surface area contributed by atoms with E-state index in [1.807, 2.05) is 0 Å². The van der Waals surface area contributed by atoms with Crippen molar-refractivity contribution in [3.8, 4) is 0 Å². The monoisotopic (exact) mass is 376 g/mol. The molecule has 0 unspecified atom stereocenters. The predicted molar refractivity (Wildman–Crippen MR) is 96.6 cm³/mol. The highest BCUT2D eigenvalue weighted by atomic mass is 32.2. The molecule has 3 aliphatic rings. The normalized spacial score (nSPS) is 25.7. The third-order valence-electron chi connectivity index (χ3n) is 5.10. The minimum absolute atomic E-state index is 0.168. The van der Waals surface area contributed by atoms with Crippen molar-refractivity contribution in [2.24, 2.45) is 5.92 Å². The van der Waals surface area contributed by atoms with E-state index in [-0.39, 0.29) is 21.1 Å². The summed E-state index contributed by atoms with van der Waals surface area (Å²) >= 11 is 1.04. The van der Waals surface area contributed by atoms with Gasteiger partial charge in [-0.3, -0.25) is 4.79 Å². The molecule has 0 saturated carbocycles. The maximum absolute atomic E-state index is 12.6. The fourth-order valence-electron chi connectivity index (χ4n) is 3.67. The van der Waals surface area contributed by atoms with E-state index in [0.717, 1.165) is 43.8 Å². The number of nitrogens with one attached hydrogen (secondary N) is 1. The molecule has 1 aromatic heterocycles. The van der Waals surface area contributed by atoms with Gasteiger partial charge in [-0.2, -0.15) is 0 Å². The van der Waals surface area contributed by atoms with E-state index in [2.05, 4.69) is 10.2 Å². The number of thiophene rings is 1. The van der Waals surface area contributed by atoms with Gasteiger partial charge in [0.2, 0.25) is 9.84 Å². The Balaban J connectivity index is 1.50. The lowest BCUT2D eigenvalue weighted by atomic mass is 9.84.